The van der Waals surface area contributed by atoms with E-state index in [1.54, 1.807) is 28.2 Å². The molecule has 10 heteroatoms. The molecular weight excluding hydrogens is 681 g/mol. The van der Waals surface area contributed by atoms with Crippen LogP contribution in [-0.4, -0.2) is 85.8 Å². The van der Waals surface area contributed by atoms with Crippen molar-refractivity contribution in [2.75, 3.05) is 54.4 Å². The second-order valence-corrected chi connectivity index (χ2v) is 16.4. The summed E-state index contributed by atoms with van der Waals surface area (Å²) in [6.45, 7) is 7.00. The van der Waals surface area contributed by atoms with E-state index in [-0.39, 0.29) is 9.29 Å². The smallest absolute Gasteiger partial charge is 0.303 e. The van der Waals surface area contributed by atoms with E-state index in [4.69, 9.17) is 21.7 Å². The Bertz CT molecular complexity index is 711. The summed E-state index contributed by atoms with van der Waals surface area (Å²) in [7, 11) is 6.48. The summed E-state index contributed by atoms with van der Waals surface area (Å²) in [5.41, 5.74) is 10.4. The Morgan fingerprint density at radius 1 is 0.389 bits per heavy atom. The highest BCUT2D eigenvalue weighted by Gasteiger charge is 2.00. The van der Waals surface area contributed by atoms with Gasteiger partial charge in [0, 0.05) is 25.7 Å². The largest absolute Gasteiger partial charge is 0.633 e. The Balaban J connectivity index is -0.000000334. The first kappa shape index (κ1) is 59.4. The van der Waals surface area contributed by atoms with Crippen LogP contribution in [0.3, 0.4) is 0 Å². The summed E-state index contributed by atoms with van der Waals surface area (Å²) in [5.74, 6) is -1.31. The Morgan fingerprint density at radius 3 is 0.704 bits per heavy atom. The molecule has 0 saturated heterocycles. The molecule has 0 rings (SSSR count). The fourth-order valence-corrected chi connectivity index (χ4v) is 5.89. The van der Waals surface area contributed by atoms with Gasteiger partial charge < -0.3 is 41.4 Å². The number of hydroxylamine groups is 6. The lowest BCUT2D eigenvalue weighted by Crippen LogP contribution is -2.34. The quantitative estimate of drug-likeness (QED) is 0.0276. The SMILES string of the molecule is CCCCCCCCCCCCCCCC(=O)O.CCCCCCCCCCCCCCCCCC(=O)O.C[N+](C)([O-])CCCN.C[N+](C)([O-])CCCN. The zero-order chi connectivity index (χ0) is 41.6. The Hall–Kier alpha value is -1.30. The number of nitrogens with zero attached hydrogens (tertiary/aromatic N) is 2. The van der Waals surface area contributed by atoms with E-state index in [1.165, 1.54) is 154 Å². The molecule has 0 spiro atoms. The number of aliphatic carboxylic acids is 2. The zero-order valence-corrected chi connectivity index (χ0v) is 37.0. The lowest BCUT2D eigenvalue weighted by Gasteiger charge is -2.33. The summed E-state index contributed by atoms with van der Waals surface area (Å²) < 4.78 is -0.450. The molecule has 0 aliphatic heterocycles. The summed E-state index contributed by atoms with van der Waals surface area (Å²) in [4.78, 5) is 20.6. The number of unbranched alkanes of at least 4 members (excludes halogenated alkanes) is 26. The van der Waals surface area contributed by atoms with Gasteiger partial charge in [-0.2, -0.15) is 0 Å². The average molecular weight is 777 g/mol. The molecule has 0 fully saturated rings. The molecule has 6 N–H and O–H groups in total. The van der Waals surface area contributed by atoms with E-state index >= 15 is 0 Å². The molecular formula is C44H96N4O6. The van der Waals surface area contributed by atoms with Crippen LogP contribution in [0.5, 0.6) is 0 Å². The Morgan fingerprint density at radius 2 is 0.574 bits per heavy atom. The third kappa shape index (κ3) is 75.6. The number of carbonyl (C=O) groups is 2. The zero-order valence-electron chi connectivity index (χ0n) is 37.0. The minimum Gasteiger partial charge on any atom is -0.633 e. The van der Waals surface area contributed by atoms with Gasteiger partial charge in [0.1, 0.15) is 0 Å². The van der Waals surface area contributed by atoms with Crippen molar-refractivity contribution in [3.8, 4) is 0 Å². The number of carboxylic acids is 2. The first-order chi connectivity index (χ1) is 25.7. The predicted molar refractivity (Wildman–Crippen MR) is 233 cm³/mol. The first-order valence-electron chi connectivity index (χ1n) is 22.6. The topological polar surface area (TPSA) is 173 Å². The highest BCUT2D eigenvalue weighted by Crippen LogP contribution is 2.14. The van der Waals surface area contributed by atoms with Crippen LogP contribution in [0.25, 0.3) is 0 Å². The van der Waals surface area contributed by atoms with Crippen molar-refractivity contribution >= 4 is 11.9 Å². The third-order valence-electron chi connectivity index (χ3n) is 9.29. The molecule has 0 aromatic rings. The second-order valence-electron chi connectivity index (χ2n) is 16.4. The molecule has 0 radical (unpaired) electrons. The van der Waals surface area contributed by atoms with Gasteiger partial charge in [0.15, 0.2) is 0 Å². The van der Waals surface area contributed by atoms with E-state index in [9.17, 15) is 20.0 Å². The van der Waals surface area contributed by atoms with Crippen molar-refractivity contribution in [3.05, 3.63) is 10.4 Å². The molecule has 10 nitrogen and oxygen atoms in total. The van der Waals surface area contributed by atoms with Crippen LogP contribution in [0.2, 0.25) is 0 Å². The maximum atomic E-state index is 10.7. The standard InChI is InChI=1S/C18H36O2.C16H32O2.2C5H14N2O/c1-2-3-4-5-6-7-8-9-10-11-12-13-14-15-16-17-18(19)20;1-2-3-4-5-6-7-8-9-10-11-12-13-14-15-16(17)18;2*1-7(2,8)5-3-4-6/h2-17H2,1H3,(H,19,20);2-15H2,1H3,(H,17,18);2*3-6H2,1-2H3. The molecule has 0 saturated carbocycles. The van der Waals surface area contributed by atoms with Crippen LogP contribution in [0, 0.1) is 10.4 Å². The third-order valence-corrected chi connectivity index (χ3v) is 9.29. The van der Waals surface area contributed by atoms with Gasteiger partial charge >= 0.3 is 11.9 Å². The summed E-state index contributed by atoms with van der Waals surface area (Å²) in [5, 5.41) is 38.5. The lowest BCUT2D eigenvalue weighted by molar-refractivity contribution is -0.840. The molecule has 0 atom stereocenters. The van der Waals surface area contributed by atoms with Gasteiger partial charge in [0.25, 0.3) is 0 Å². The highest BCUT2D eigenvalue weighted by molar-refractivity contribution is 5.66. The fraction of sp³-hybridized carbons (Fsp3) is 0.955. The predicted octanol–water partition coefficient (Wildman–Crippen LogP) is 11.7. The molecule has 0 aromatic heterocycles. The Kier molecular flexibility index (Phi) is 52.6. The second kappa shape index (κ2) is 47.9. The summed E-state index contributed by atoms with van der Waals surface area (Å²) in [6.07, 6.45) is 39.1. The minimum atomic E-state index is -0.655. The molecule has 0 aromatic carbocycles. The molecule has 0 aliphatic rings. The van der Waals surface area contributed by atoms with Gasteiger partial charge in [-0.3, -0.25) is 9.59 Å². The summed E-state index contributed by atoms with van der Waals surface area (Å²) >= 11 is 0. The van der Waals surface area contributed by atoms with E-state index in [1.807, 2.05) is 0 Å². The van der Waals surface area contributed by atoms with Crippen molar-refractivity contribution in [2.45, 2.75) is 219 Å². The fourth-order valence-electron chi connectivity index (χ4n) is 5.89. The van der Waals surface area contributed by atoms with Gasteiger partial charge in [-0.15, -0.1) is 0 Å². The molecule has 0 aliphatic carbocycles. The van der Waals surface area contributed by atoms with E-state index in [2.05, 4.69) is 13.8 Å². The van der Waals surface area contributed by atoms with Crippen LogP contribution in [0.1, 0.15) is 219 Å². The molecule has 0 heterocycles. The van der Waals surface area contributed by atoms with Crippen molar-refractivity contribution in [1.29, 1.82) is 0 Å². The molecule has 0 amide bonds. The van der Waals surface area contributed by atoms with Crippen LogP contribution in [0.4, 0.5) is 0 Å². The Labute approximate surface area is 335 Å². The summed E-state index contributed by atoms with van der Waals surface area (Å²) in [6, 6.07) is 0. The van der Waals surface area contributed by atoms with Crippen LogP contribution in [0.15, 0.2) is 0 Å². The van der Waals surface area contributed by atoms with Crippen molar-refractivity contribution < 1.29 is 29.1 Å². The number of hydrogen-bond donors (Lipinski definition) is 4. The van der Waals surface area contributed by atoms with Gasteiger partial charge in [0.2, 0.25) is 0 Å². The molecule has 0 unspecified atom stereocenters. The highest BCUT2D eigenvalue weighted by atomic mass is 16.5. The molecule has 0 bridgehead atoms. The maximum absolute atomic E-state index is 10.7. The van der Waals surface area contributed by atoms with Crippen molar-refractivity contribution in [1.82, 2.24) is 0 Å². The average Bonchev–Trinajstić information content (AvgIpc) is 3.10. The van der Waals surface area contributed by atoms with Crippen LogP contribution >= 0.6 is 0 Å². The van der Waals surface area contributed by atoms with Crippen molar-refractivity contribution in [2.24, 2.45) is 11.5 Å². The van der Waals surface area contributed by atoms with Gasteiger partial charge in [-0.05, 0) is 25.9 Å². The minimum absolute atomic E-state index is 0.225. The van der Waals surface area contributed by atoms with Crippen LogP contribution < -0.4 is 11.5 Å². The van der Waals surface area contributed by atoms with Gasteiger partial charge in [-0.25, -0.2) is 0 Å². The van der Waals surface area contributed by atoms with Gasteiger partial charge in [0.05, 0.1) is 41.3 Å². The molecule has 54 heavy (non-hydrogen) atoms. The monoisotopic (exact) mass is 777 g/mol. The normalized spacial score (nSPS) is 11.1. The van der Waals surface area contributed by atoms with E-state index in [0.29, 0.717) is 39.0 Å². The number of quaternary nitrogens is 2. The van der Waals surface area contributed by atoms with Crippen molar-refractivity contribution in [3.63, 3.8) is 0 Å². The number of nitrogens with two attached hydrogens (primary N) is 2. The molecule has 328 valence electrons. The van der Waals surface area contributed by atoms with Crippen LogP contribution in [-0.2, 0) is 9.59 Å². The van der Waals surface area contributed by atoms with Gasteiger partial charge in [-0.1, -0.05) is 181 Å². The number of rotatable bonds is 36. The maximum Gasteiger partial charge on any atom is 0.303 e. The number of carboxylic acid groups (broad SMARTS) is 2. The van der Waals surface area contributed by atoms with E-state index in [0.717, 1.165) is 38.5 Å². The van der Waals surface area contributed by atoms with E-state index < -0.39 is 11.9 Å². The first-order valence-corrected chi connectivity index (χ1v) is 22.6. The lowest BCUT2D eigenvalue weighted by atomic mass is 10.0. The number of hydrogen-bond acceptors (Lipinski definition) is 6.